The Morgan fingerprint density at radius 3 is 2.29 bits per heavy atom. The van der Waals surface area contributed by atoms with E-state index in [4.69, 9.17) is 0 Å². The van der Waals surface area contributed by atoms with Crippen LogP contribution in [0.1, 0.15) is 41.3 Å². The number of sulfone groups is 1. The molecule has 0 radical (unpaired) electrons. The van der Waals surface area contributed by atoms with Crippen LogP contribution in [-0.4, -0.2) is 31.2 Å². The van der Waals surface area contributed by atoms with Crippen molar-refractivity contribution in [3.05, 3.63) is 83.1 Å². The van der Waals surface area contributed by atoms with Gasteiger partial charge in [-0.25, -0.2) is 22.8 Å². The topological polar surface area (TPSA) is 63.2 Å². The fraction of sp³-hybridized carbons (Fsp3) is 0.333. The molecule has 1 aliphatic heterocycles. The average molecular weight is 494 g/mol. The fourth-order valence-corrected chi connectivity index (χ4v) is 4.83. The summed E-state index contributed by atoms with van der Waals surface area (Å²) in [4.78, 5) is 10.2. The van der Waals surface area contributed by atoms with Crippen LogP contribution < -0.4 is 4.90 Å². The smallest absolute Gasteiger partial charge is 0.347 e. The molecule has 1 saturated heterocycles. The van der Waals surface area contributed by atoms with Crippen LogP contribution in [0.2, 0.25) is 0 Å². The summed E-state index contributed by atoms with van der Waals surface area (Å²) in [5.41, 5.74) is 1.03. The lowest BCUT2D eigenvalue weighted by Gasteiger charge is -2.27. The predicted molar refractivity (Wildman–Crippen MR) is 120 cm³/mol. The Morgan fingerprint density at radius 2 is 1.68 bits per heavy atom. The van der Waals surface area contributed by atoms with Gasteiger partial charge in [0.05, 0.1) is 22.2 Å². The second-order valence-electron chi connectivity index (χ2n) is 8.35. The van der Waals surface area contributed by atoms with Crippen molar-refractivity contribution in [1.29, 1.82) is 0 Å². The van der Waals surface area contributed by atoms with E-state index >= 15 is 4.39 Å². The summed E-state index contributed by atoms with van der Waals surface area (Å²) in [6.45, 7) is 0.534. The van der Waals surface area contributed by atoms with Gasteiger partial charge in [0.2, 0.25) is 0 Å². The number of aromatic nitrogens is 2. The third-order valence-electron chi connectivity index (χ3n) is 5.99. The molecule has 10 heteroatoms. The number of benzene rings is 2. The molecule has 180 valence electrons. The second-order valence-corrected chi connectivity index (χ2v) is 10.4. The van der Waals surface area contributed by atoms with Crippen molar-refractivity contribution in [2.75, 3.05) is 17.7 Å². The van der Waals surface area contributed by atoms with Crippen molar-refractivity contribution in [3.63, 3.8) is 0 Å². The lowest BCUT2D eigenvalue weighted by atomic mass is 10.0. The Balaban J connectivity index is 1.51. The maximum Gasteiger partial charge on any atom is 0.416 e. The highest BCUT2D eigenvalue weighted by atomic mass is 32.2. The number of aryl methyl sites for hydroxylation is 2. The van der Waals surface area contributed by atoms with Crippen LogP contribution in [0.4, 0.5) is 23.4 Å². The molecule has 0 aliphatic carbocycles. The van der Waals surface area contributed by atoms with Gasteiger partial charge in [-0.15, -0.1) is 0 Å². The molecule has 5 nitrogen and oxygen atoms in total. The molecule has 1 aromatic heterocycles. The number of rotatable bonds is 6. The van der Waals surface area contributed by atoms with Crippen molar-refractivity contribution in [1.82, 2.24) is 9.97 Å². The van der Waals surface area contributed by atoms with Gasteiger partial charge in [-0.3, -0.25) is 0 Å². The Morgan fingerprint density at radius 1 is 1.00 bits per heavy atom. The normalized spacial score (nSPS) is 16.7. The largest absolute Gasteiger partial charge is 0.416 e. The highest BCUT2D eigenvalue weighted by Gasteiger charge is 2.33. The SMILES string of the molecule is CS(=O)(=O)c1ccc(CCc2ncnc(N3CCCC3c3ccc(C(F)(F)F)cc3)c2F)cc1. The van der Waals surface area contributed by atoms with Crippen LogP contribution in [0.5, 0.6) is 0 Å². The minimum atomic E-state index is -4.41. The molecule has 1 atom stereocenters. The summed E-state index contributed by atoms with van der Waals surface area (Å²) in [5, 5.41) is 0. The van der Waals surface area contributed by atoms with Gasteiger partial charge >= 0.3 is 6.18 Å². The van der Waals surface area contributed by atoms with E-state index in [9.17, 15) is 21.6 Å². The van der Waals surface area contributed by atoms with Gasteiger partial charge < -0.3 is 4.90 Å². The van der Waals surface area contributed by atoms with Gasteiger partial charge in [0.1, 0.15) is 6.33 Å². The van der Waals surface area contributed by atoms with E-state index in [0.717, 1.165) is 30.4 Å². The molecule has 1 fully saturated rings. The van der Waals surface area contributed by atoms with Crippen LogP contribution in [0.25, 0.3) is 0 Å². The summed E-state index contributed by atoms with van der Waals surface area (Å²) in [7, 11) is -3.29. The van der Waals surface area contributed by atoms with Crippen molar-refractivity contribution >= 4 is 15.7 Å². The molecular weight excluding hydrogens is 470 g/mol. The average Bonchev–Trinajstić information content (AvgIpc) is 3.27. The molecule has 34 heavy (non-hydrogen) atoms. The number of hydrogen-bond donors (Lipinski definition) is 0. The molecule has 1 unspecified atom stereocenters. The molecule has 0 amide bonds. The van der Waals surface area contributed by atoms with Gasteiger partial charge in [0.15, 0.2) is 21.5 Å². The van der Waals surface area contributed by atoms with Gasteiger partial charge in [-0.1, -0.05) is 24.3 Å². The zero-order chi connectivity index (χ0) is 24.5. The van der Waals surface area contributed by atoms with E-state index in [0.29, 0.717) is 31.4 Å². The number of nitrogens with zero attached hydrogens (tertiary/aromatic N) is 3. The van der Waals surface area contributed by atoms with E-state index < -0.39 is 27.4 Å². The van der Waals surface area contributed by atoms with Crippen molar-refractivity contribution in [2.45, 2.75) is 42.8 Å². The van der Waals surface area contributed by atoms with Gasteiger partial charge in [-0.05, 0) is 61.1 Å². The summed E-state index contributed by atoms with van der Waals surface area (Å²) in [6.07, 6.45) is 0.206. The van der Waals surface area contributed by atoms with Gasteiger partial charge in [0, 0.05) is 12.8 Å². The second kappa shape index (κ2) is 9.32. The number of anilines is 1. The Bertz CT molecular complexity index is 1260. The van der Waals surface area contributed by atoms with E-state index in [1.54, 1.807) is 17.0 Å². The minimum absolute atomic E-state index is 0.139. The quantitative estimate of drug-likeness (QED) is 0.444. The summed E-state index contributed by atoms with van der Waals surface area (Å²) in [5.74, 6) is -0.408. The number of alkyl halides is 3. The zero-order valence-corrected chi connectivity index (χ0v) is 19.2. The van der Waals surface area contributed by atoms with Crippen LogP contribution in [0.15, 0.2) is 59.8 Å². The standard InChI is InChI=1S/C24H23F4N3O2S/c1-34(32,33)19-11-4-16(5-12-19)6-13-20-22(25)23(30-15-29-20)31-14-2-3-21(31)17-7-9-18(10-8-17)24(26,27)28/h4-5,7-12,15,21H,2-3,6,13-14H2,1H3. The lowest BCUT2D eigenvalue weighted by Crippen LogP contribution is -2.25. The van der Waals surface area contributed by atoms with E-state index in [-0.39, 0.29) is 22.4 Å². The molecule has 0 N–H and O–H groups in total. The lowest BCUT2D eigenvalue weighted by molar-refractivity contribution is -0.137. The van der Waals surface area contributed by atoms with Crippen LogP contribution in [0.3, 0.4) is 0 Å². The fourth-order valence-electron chi connectivity index (χ4n) is 4.20. The zero-order valence-electron chi connectivity index (χ0n) is 18.4. The summed E-state index contributed by atoms with van der Waals surface area (Å²) >= 11 is 0. The third-order valence-corrected chi connectivity index (χ3v) is 7.12. The molecule has 4 rings (SSSR count). The van der Waals surface area contributed by atoms with Crippen LogP contribution in [0, 0.1) is 5.82 Å². The van der Waals surface area contributed by atoms with Gasteiger partial charge in [-0.2, -0.15) is 13.2 Å². The first-order valence-corrected chi connectivity index (χ1v) is 12.7. The summed E-state index contributed by atoms with van der Waals surface area (Å²) < 4.78 is 77.3. The van der Waals surface area contributed by atoms with E-state index in [1.807, 2.05) is 0 Å². The van der Waals surface area contributed by atoms with E-state index in [1.165, 1.54) is 30.6 Å². The highest BCUT2D eigenvalue weighted by molar-refractivity contribution is 7.90. The molecule has 0 saturated carbocycles. The Labute approximate surface area is 195 Å². The molecule has 3 aromatic rings. The molecule has 2 heterocycles. The third kappa shape index (κ3) is 5.22. The predicted octanol–water partition coefficient (Wildman–Crippen LogP) is 5.16. The summed E-state index contributed by atoms with van der Waals surface area (Å²) in [6, 6.07) is 11.1. The van der Waals surface area contributed by atoms with Gasteiger partial charge in [0.25, 0.3) is 0 Å². The van der Waals surface area contributed by atoms with E-state index in [2.05, 4.69) is 9.97 Å². The molecular formula is C24H23F4N3O2S. The molecule has 0 spiro atoms. The first kappa shape index (κ1) is 24.1. The first-order valence-electron chi connectivity index (χ1n) is 10.8. The Hall–Kier alpha value is -3.01. The van der Waals surface area contributed by atoms with Crippen LogP contribution >= 0.6 is 0 Å². The Kier molecular flexibility index (Phi) is 6.62. The molecule has 0 bridgehead atoms. The van der Waals surface area contributed by atoms with Crippen LogP contribution in [-0.2, 0) is 28.9 Å². The number of halogens is 4. The molecule has 1 aliphatic rings. The molecule has 2 aromatic carbocycles. The minimum Gasteiger partial charge on any atom is -0.347 e. The maximum absolute atomic E-state index is 15.4. The number of hydrogen-bond acceptors (Lipinski definition) is 5. The van der Waals surface area contributed by atoms with Crippen molar-refractivity contribution in [2.24, 2.45) is 0 Å². The first-order chi connectivity index (χ1) is 16.0. The van der Waals surface area contributed by atoms with Crippen molar-refractivity contribution < 1.29 is 26.0 Å². The maximum atomic E-state index is 15.4. The van der Waals surface area contributed by atoms with Crippen molar-refractivity contribution in [3.8, 4) is 0 Å². The monoisotopic (exact) mass is 493 g/mol. The highest BCUT2D eigenvalue weighted by Crippen LogP contribution is 2.38.